The standard InChI is InChI=1S/C18H18NO3/c1-19-12-15(13-7-5-4-6-8-13)18(22-19)14-9-10-16(20-2)17(11-14)21-3/h4-12H,1-3H3/q+1. The molecule has 1 aromatic heterocycles. The first kappa shape index (κ1) is 14.2. The largest absolute Gasteiger partial charge is 0.493 e. The molecular weight excluding hydrogens is 278 g/mol. The van der Waals surface area contributed by atoms with Gasteiger partial charge < -0.3 is 9.47 Å². The van der Waals surface area contributed by atoms with Crippen molar-refractivity contribution in [2.24, 2.45) is 7.05 Å². The van der Waals surface area contributed by atoms with E-state index in [4.69, 9.17) is 14.0 Å². The quantitative estimate of drug-likeness (QED) is 0.692. The second-order valence-electron chi connectivity index (χ2n) is 4.95. The molecule has 1 heterocycles. The number of rotatable bonds is 4. The summed E-state index contributed by atoms with van der Waals surface area (Å²) in [5.41, 5.74) is 3.09. The average molecular weight is 296 g/mol. The normalized spacial score (nSPS) is 10.5. The molecule has 0 saturated heterocycles. The van der Waals surface area contributed by atoms with E-state index in [-0.39, 0.29) is 0 Å². The van der Waals surface area contributed by atoms with E-state index >= 15 is 0 Å². The van der Waals surface area contributed by atoms with Crippen molar-refractivity contribution >= 4 is 0 Å². The summed E-state index contributed by atoms with van der Waals surface area (Å²) in [5.74, 6) is 2.18. The van der Waals surface area contributed by atoms with E-state index in [9.17, 15) is 0 Å². The van der Waals surface area contributed by atoms with Gasteiger partial charge in [0.1, 0.15) is 5.56 Å². The van der Waals surface area contributed by atoms with E-state index in [0.717, 1.165) is 22.5 Å². The number of benzene rings is 2. The van der Waals surface area contributed by atoms with Gasteiger partial charge >= 0.3 is 0 Å². The Morgan fingerprint density at radius 2 is 1.59 bits per heavy atom. The molecule has 4 nitrogen and oxygen atoms in total. The van der Waals surface area contributed by atoms with Gasteiger partial charge in [0.15, 0.2) is 18.5 Å². The fourth-order valence-electron chi connectivity index (χ4n) is 2.47. The van der Waals surface area contributed by atoms with Gasteiger partial charge in [0.05, 0.1) is 14.2 Å². The Morgan fingerprint density at radius 3 is 2.27 bits per heavy atom. The van der Waals surface area contributed by atoms with Gasteiger partial charge in [0.2, 0.25) is 12.0 Å². The molecule has 0 aliphatic carbocycles. The molecule has 0 fully saturated rings. The van der Waals surface area contributed by atoms with Crippen molar-refractivity contribution in [1.82, 2.24) is 0 Å². The number of nitrogens with zero attached hydrogens (tertiary/aromatic N) is 1. The van der Waals surface area contributed by atoms with Crippen LogP contribution >= 0.6 is 0 Å². The number of methoxy groups -OCH3 is 2. The first-order chi connectivity index (χ1) is 10.7. The Labute approximate surface area is 129 Å². The number of ether oxygens (including phenoxy) is 2. The Hall–Kier alpha value is -2.75. The van der Waals surface area contributed by atoms with Gasteiger partial charge in [-0.3, -0.25) is 0 Å². The smallest absolute Gasteiger partial charge is 0.227 e. The van der Waals surface area contributed by atoms with Crippen molar-refractivity contribution in [2.45, 2.75) is 0 Å². The fourth-order valence-corrected chi connectivity index (χ4v) is 2.47. The van der Waals surface area contributed by atoms with E-state index in [0.29, 0.717) is 11.5 Å². The van der Waals surface area contributed by atoms with Crippen molar-refractivity contribution in [2.75, 3.05) is 14.2 Å². The Kier molecular flexibility index (Phi) is 3.83. The van der Waals surface area contributed by atoms with Crippen molar-refractivity contribution < 1.29 is 18.7 Å². The van der Waals surface area contributed by atoms with E-state index in [1.165, 1.54) is 0 Å². The van der Waals surface area contributed by atoms with Gasteiger partial charge in [-0.2, -0.15) is 0 Å². The molecule has 0 unspecified atom stereocenters. The molecule has 0 aliphatic rings. The van der Waals surface area contributed by atoms with Crippen LogP contribution in [0.15, 0.2) is 59.3 Å². The van der Waals surface area contributed by atoms with Crippen LogP contribution in [0, 0.1) is 0 Å². The predicted molar refractivity (Wildman–Crippen MR) is 83.9 cm³/mol. The SMILES string of the molecule is COc1ccc(-c2o[n+](C)cc2-c2ccccc2)cc1OC. The van der Waals surface area contributed by atoms with Gasteiger partial charge in [-0.1, -0.05) is 30.3 Å². The van der Waals surface area contributed by atoms with Crippen molar-refractivity contribution in [1.29, 1.82) is 0 Å². The summed E-state index contributed by atoms with van der Waals surface area (Å²) in [6.07, 6.45) is 1.97. The van der Waals surface area contributed by atoms with Crippen molar-refractivity contribution in [3.63, 3.8) is 0 Å². The van der Waals surface area contributed by atoms with Crippen LogP contribution in [0.1, 0.15) is 0 Å². The number of hydrogen-bond donors (Lipinski definition) is 0. The molecule has 3 rings (SSSR count). The van der Waals surface area contributed by atoms with Gasteiger partial charge in [-0.05, 0) is 28.5 Å². The zero-order valence-electron chi connectivity index (χ0n) is 12.9. The number of aryl methyl sites for hydroxylation is 1. The second-order valence-corrected chi connectivity index (χ2v) is 4.95. The molecule has 112 valence electrons. The Bertz CT molecular complexity index is 778. The highest BCUT2D eigenvalue weighted by Crippen LogP contribution is 2.36. The van der Waals surface area contributed by atoms with Crippen molar-refractivity contribution in [3.05, 3.63) is 54.7 Å². The van der Waals surface area contributed by atoms with Gasteiger partial charge in [0, 0.05) is 5.56 Å². The van der Waals surface area contributed by atoms with Gasteiger partial charge in [-0.25, -0.2) is 4.52 Å². The molecule has 0 amide bonds. The number of hydrogen-bond acceptors (Lipinski definition) is 3. The minimum atomic E-state index is 0.679. The molecule has 22 heavy (non-hydrogen) atoms. The molecule has 2 aromatic carbocycles. The zero-order valence-corrected chi connectivity index (χ0v) is 12.9. The lowest BCUT2D eigenvalue weighted by atomic mass is 10.0. The number of aromatic nitrogens is 1. The molecule has 4 heteroatoms. The summed E-state index contributed by atoms with van der Waals surface area (Å²) in [6, 6.07) is 15.9. The third-order valence-corrected chi connectivity index (χ3v) is 3.52. The highest BCUT2D eigenvalue weighted by molar-refractivity contribution is 5.79. The molecule has 0 spiro atoms. The zero-order chi connectivity index (χ0) is 15.5. The molecule has 0 saturated carbocycles. The third-order valence-electron chi connectivity index (χ3n) is 3.52. The Morgan fingerprint density at radius 1 is 0.864 bits per heavy atom. The monoisotopic (exact) mass is 296 g/mol. The lowest BCUT2D eigenvalue weighted by molar-refractivity contribution is -0.843. The topological polar surface area (TPSA) is 35.5 Å². The summed E-state index contributed by atoms with van der Waals surface area (Å²) in [4.78, 5) is 0. The average Bonchev–Trinajstić information content (AvgIpc) is 2.97. The molecule has 0 atom stereocenters. The molecule has 0 radical (unpaired) electrons. The van der Waals surface area contributed by atoms with Crippen LogP contribution < -0.4 is 14.2 Å². The fraction of sp³-hybridized carbons (Fsp3) is 0.167. The van der Waals surface area contributed by atoms with Crippen LogP contribution in [0.2, 0.25) is 0 Å². The van der Waals surface area contributed by atoms with E-state index < -0.39 is 0 Å². The van der Waals surface area contributed by atoms with Crippen molar-refractivity contribution in [3.8, 4) is 33.9 Å². The minimum Gasteiger partial charge on any atom is -0.493 e. The van der Waals surface area contributed by atoms with Crippen LogP contribution in [0.5, 0.6) is 11.5 Å². The molecular formula is C18H18NO3+. The van der Waals surface area contributed by atoms with Gasteiger partial charge in [-0.15, -0.1) is 0 Å². The highest BCUT2D eigenvalue weighted by atomic mass is 16.5. The van der Waals surface area contributed by atoms with Crippen LogP contribution in [0.4, 0.5) is 0 Å². The van der Waals surface area contributed by atoms with E-state index in [1.54, 1.807) is 19.0 Å². The van der Waals surface area contributed by atoms with Crippen LogP contribution in [0.25, 0.3) is 22.5 Å². The van der Waals surface area contributed by atoms with E-state index in [1.807, 2.05) is 49.6 Å². The Balaban J connectivity index is 2.13. The second kappa shape index (κ2) is 5.93. The minimum absolute atomic E-state index is 0.679. The van der Waals surface area contributed by atoms with Gasteiger partial charge in [0.25, 0.3) is 0 Å². The first-order valence-electron chi connectivity index (χ1n) is 7.00. The third kappa shape index (κ3) is 2.55. The highest BCUT2D eigenvalue weighted by Gasteiger charge is 2.20. The summed E-state index contributed by atoms with van der Waals surface area (Å²) in [6.45, 7) is 0. The van der Waals surface area contributed by atoms with Crippen LogP contribution in [0.3, 0.4) is 0 Å². The lowest BCUT2D eigenvalue weighted by Gasteiger charge is -2.08. The van der Waals surface area contributed by atoms with E-state index in [2.05, 4.69) is 12.1 Å². The van der Waals surface area contributed by atoms with Crippen LogP contribution in [-0.4, -0.2) is 14.2 Å². The summed E-state index contributed by atoms with van der Waals surface area (Å²) >= 11 is 0. The maximum absolute atomic E-state index is 5.85. The summed E-state index contributed by atoms with van der Waals surface area (Å²) in [7, 11) is 5.12. The molecule has 0 N–H and O–H groups in total. The lowest BCUT2D eigenvalue weighted by Crippen LogP contribution is -2.22. The maximum atomic E-state index is 5.85. The summed E-state index contributed by atoms with van der Waals surface area (Å²) < 4.78 is 18.2. The molecule has 0 bridgehead atoms. The first-order valence-corrected chi connectivity index (χ1v) is 7.00. The molecule has 0 aliphatic heterocycles. The van der Waals surface area contributed by atoms with Crippen LogP contribution in [-0.2, 0) is 7.05 Å². The maximum Gasteiger partial charge on any atom is 0.227 e. The molecule has 3 aromatic rings. The predicted octanol–water partition coefficient (Wildman–Crippen LogP) is 3.46. The summed E-state index contributed by atoms with van der Waals surface area (Å²) in [5, 5.41) is 0.